The summed E-state index contributed by atoms with van der Waals surface area (Å²) >= 11 is 0. The molecule has 0 aromatic heterocycles. The molecule has 0 aromatic rings. The second-order valence-electron chi connectivity index (χ2n) is 23.8. The highest BCUT2D eigenvalue weighted by molar-refractivity contribution is 5.71. The molecule has 0 saturated carbocycles. The summed E-state index contributed by atoms with van der Waals surface area (Å²) in [6, 6.07) is 0. The lowest BCUT2D eigenvalue weighted by atomic mass is 10.0. The summed E-state index contributed by atoms with van der Waals surface area (Å²) in [6.07, 6.45) is 96.0. The van der Waals surface area contributed by atoms with Crippen LogP contribution in [-0.2, 0) is 28.6 Å². The van der Waals surface area contributed by atoms with Crippen molar-refractivity contribution in [3.63, 3.8) is 0 Å². The lowest BCUT2D eigenvalue weighted by Crippen LogP contribution is -2.30. The van der Waals surface area contributed by atoms with Gasteiger partial charge in [0.2, 0.25) is 0 Å². The largest absolute Gasteiger partial charge is 0.462 e. The van der Waals surface area contributed by atoms with Crippen LogP contribution in [0.3, 0.4) is 0 Å². The maximum Gasteiger partial charge on any atom is 0.306 e. The Kier molecular flexibility index (Phi) is 67.7. The van der Waals surface area contributed by atoms with Gasteiger partial charge in [0, 0.05) is 19.3 Å². The fourth-order valence-electron chi connectivity index (χ4n) is 10.3. The van der Waals surface area contributed by atoms with Crippen LogP contribution >= 0.6 is 0 Å². The molecule has 6 nitrogen and oxygen atoms in total. The molecule has 0 aliphatic heterocycles. The van der Waals surface area contributed by atoms with Crippen molar-refractivity contribution in [2.45, 2.75) is 361 Å². The summed E-state index contributed by atoms with van der Waals surface area (Å²) in [5.41, 5.74) is 0. The van der Waals surface area contributed by atoms with Gasteiger partial charge in [-0.1, -0.05) is 336 Å². The Morgan fingerprint density at radius 2 is 0.482 bits per heavy atom. The van der Waals surface area contributed by atoms with Gasteiger partial charge in [-0.15, -0.1) is 0 Å². The summed E-state index contributed by atoms with van der Waals surface area (Å²) in [5, 5.41) is 0. The van der Waals surface area contributed by atoms with Crippen molar-refractivity contribution in [2.24, 2.45) is 0 Å². The van der Waals surface area contributed by atoms with Crippen LogP contribution in [0.1, 0.15) is 355 Å². The molecule has 1 unspecified atom stereocenters. The molecule has 0 aliphatic carbocycles. The third-order valence-electron chi connectivity index (χ3n) is 15.6. The first-order chi connectivity index (χ1) is 41.0. The van der Waals surface area contributed by atoms with Gasteiger partial charge in [0.15, 0.2) is 6.10 Å². The van der Waals surface area contributed by atoms with E-state index in [0.29, 0.717) is 19.3 Å². The Morgan fingerprint density at radius 3 is 0.807 bits per heavy atom. The van der Waals surface area contributed by atoms with Crippen molar-refractivity contribution < 1.29 is 28.6 Å². The average Bonchev–Trinajstić information content (AvgIpc) is 3.50. The van der Waals surface area contributed by atoms with Gasteiger partial charge in [-0.05, 0) is 96.3 Å². The van der Waals surface area contributed by atoms with Gasteiger partial charge in [0.05, 0.1) is 0 Å². The van der Waals surface area contributed by atoms with Crippen LogP contribution in [0, 0.1) is 0 Å². The van der Waals surface area contributed by atoms with Crippen LogP contribution in [-0.4, -0.2) is 37.2 Å². The number of unbranched alkanes of at least 4 members (excludes halogenated alkanes) is 38. The van der Waals surface area contributed by atoms with E-state index >= 15 is 0 Å². The minimum atomic E-state index is -0.810. The average molecular weight is 1160 g/mol. The normalized spacial score (nSPS) is 12.7. The zero-order chi connectivity index (χ0) is 59.9. The summed E-state index contributed by atoms with van der Waals surface area (Å²) in [7, 11) is 0. The Morgan fingerprint density at radius 1 is 0.253 bits per heavy atom. The molecule has 83 heavy (non-hydrogen) atoms. The lowest BCUT2D eigenvalue weighted by molar-refractivity contribution is -0.167. The van der Waals surface area contributed by atoms with Crippen LogP contribution in [0.25, 0.3) is 0 Å². The molecule has 0 heterocycles. The minimum absolute atomic E-state index is 0.0985. The predicted molar refractivity (Wildman–Crippen MR) is 362 cm³/mol. The molecular weight excluding hydrogens is 1020 g/mol. The fourth-order valence-corrected chi connectivity index (χ4v) is 10.3. The highest BCUT2D eigenvalue weighted by atomic mass is 16.6. The number of esters is 3. The Hall–Kier alpha value is -3.67. The monoisotopic (exact) mass is 1160 g/mol. The van der Waals surface area contributed by atoms with Crippen molar-refractivity contribution in [2.75, 3.05) is 13.2 Å². The number of ether oxygens (including phenoxy) is 3. The third-order valence-corrected chi connectivity index (χ3v) is 15.6. The first kappa shape index (κ1) is 79.3. The first-order valence-corrected chi connectivity index (χ1v) is 35.7. The molecule has 0 aromatic carbocycles. The minimum Gasteiger partial charge on any atom is -0.462 e. The molecule has 6 heteroatoms. The number of hydrogen-bond donors (Lipinski definition) is 0. The summed E-state index contributed by atoms with van der Waals surface area (Å²) in [6.45, 7) is 6.49. The van der Waals surface area contributed by atoms with Gasteiger partial charge in [0.1, 0.15) is 13.2 Å². The number of carbonyl (C=O) groups excluding carboxylic acids is 3. The van der Waals surface area contributed by atoms with Crippen molar-refractivity contribution in [3.05, 3.63) is 97.2 Å². The standard InChI is InChI=1S/C77H134O6/c1-4-7-10-13-16-19-22-25-28-31-33-34-35-36-37-38-39-40-41-42-44-46-49-52-55-58-61-64-67-70-76(79)82-73-74(72-81-75(78)69-66-63-60-57-54-51-48-45-30-27-24-21-18-15-12-9-6-3)83-77(80)71-68-65-62-59-56-53-50-47-43-32-29-26-23-20-17-14-11-8-5-2/h9,12,17-18,20-21,26-27,29-30,43,47-48,51,57,60,74H,4-8,10-11,13-16,19,22-25,28,31-42,44-46,49-50,52-56,58-59,61-73H2,1-3H3/b12-9-,20-17-,21-18-,29-26-,30-27-,47-43-,51-48-,60-57-. The fraction of sp³-hybridized carbons (Fsp3) is 0.753. The summed E-state index contributed by atoms with van der Waals surface area (Å²) in [4.78, 5) is 38.4. The number of allylic oxidation sites excluding steroid dienone is 16. The van der Waals surface area contributed by atoms with Crippen LogP contribution in [0.5, 0.6) is 0 Å². The van der Waals surface area contributed by atoms with Crippen LogP contribution in [0.15, 0.2) is 97.2 Å². The Labute approximate surface area is 515 Å². The SMILES string of the molecule is CC/C=C\C/C=C\C/C=C\C/C=C\C/C=C\CCCC(=O)OCC(COC(=O)CCCCCCCCCCCCCCCCCCCCCCCCCCCCCCC)OC(=O)CCCCCCCC/C=C\C/C=C\C/C=C\CCCCC. The Balaban J connectivity index is 4.32. The zero-order valence-corrected chi connectivity index (χ0v) is 54.9. The van der Waals surface area contributed by atoms with Gasteiger partial charge in [-0.2, -0.15) is 0 Å². The van der Waals surface area contributed by atoms with E-state index < -0.39 is 6.10 Å². The molecule has 0 spiro atoms. The van der Waals surface area contributed by atoms with Gasteiger partial charge >= 0.3 is 17.9 Å². The molecule has 0 aliphatic rings. The molecule has 0 N–H and O–H groups in total. The summed E-state index contributed by atoms with van der Waals surface area (Å²) in [5.74, 6) is -0.957. The molecule has 0 rings (SSSR count). The molecule has 1 atom stereocenters. The number of rotatable bonds is 65. The van der Waals surface area contributed by atoms with Crippen molar-refractivity contribution in [3.8, 4) is 0 Å². The third kappa shape index (κ3) is 69.0. The molecule has 0 radical (unpaired) electrons. The van der Waals surface area contributed by atoms with Crippen molar-refractivity contribution >= 4 is 17.9 Å². The smallest absolute Gasteiger partial charge is 0.306 e. The van der Waals surface area contributed by atoms with E-state index in [1.54, 1.807) is 0 Å². The van der Waals surface area contributed by atoms with E-state index in [1.807, 2.05) is 0 Å². The molecule has 0 amide bonds. The first-order valence-electron chi connectivity index (χ1n) is 35.7. The second-order valence-corrected chi connectivity index (χ2v) is 23.8. The van der Waals surface area contributed by atoms with E-state index in [-0.39, 0.29) is 37.5 Å². The highest BCUT2D eigenvalue weighted by Crippen LogP contribution is 2.18. The van der Waals surface area contributed by atoms with Crippen LogP contribution in [0.2, 0.25) is 0 Å². The lowest BCUT2D eigenvalue weighted by Gasteiger charge is -2.18. The summed E-state index contributed by atoms with van der Waals surface area (Å²) < 4.78 is 16.9. The van der Waals surface area contributed by atoms with Gasteiger partial charge < -0.3 is 14.2 Å². The van der Waals surface area contributed by atoms with Gasteiger partial charge in [-0.25, -0.2) is 0 Å². The Bertz CT molecular complexity index is 1610. The van der Waals surface area contributed by atoms with Crippen molar-refractivity contribution in [1.29, 1.82) is 0 Å². The number of hydrogen-bond acceptors (Lipinski definition) is 6. The van der Waals surface area contributed by atoms with E-state index in [4.69, 9.17) is 14.2 Å². The van der Waals surface area contributed by atoms with Gasteiger partial charge in [0.25, 0.3) is 0 Å². The second kappa shape index (κ2) is 70.8. The van der Waals surface area contributed by atoms with E-state index in [9.17, 15) is 14.4 Å². The van der Waals surface area contributed by atoms with Crippen LogP contribution in [0.4, 0.5) is 0 Å². The van der Waals surface area contributed by atoms with E-state index in [1.165, 1.54) is 205 Å². The highest BCUT2D eigenvalue weighted by Gasteiger charge is 2.19. The van der Waals surface area contributed by atoms with E-state index in [0.717, 1.165) is 103 Å². The van der Waals surface area contributed by atoms with E-state index in [2.05, 4.69) is 118 Å². The van der Waals surface area contributed by atoms with Crippen LogP contribution < -0.4 is 0 Å². The maximum atomic E-state index is 12.9. The zero-order valence-electron chi connectivity index (χ0n) is 54.9. The topological polar surface area (TPSA) is 78.9 Å². The maximum absolute atomic E-state index is 12.9. The molecule has 0 saturated heterocycles. The van der Waals surface area contributed by atoms with Crippen molar-refractivity contribution in [1.82, 2.24) is 0 Å². The molecule has 0 fully saturated rings. The molecular formula is C77H134O6. The molecule has 478 valence electrons. The number of carbonyl (C=O) groups is 3. The molecule has 0 bridgehead atoms. The predicted octanol–water partition coefficient (Wildman–Crippen LogP) is 24.8. The van der Waals surface area contributed by atoms with Gasteiger partial charge in [-0.3, -0.25) is 14.4 Å². The quantitative estimate of drug-likeness (QED) is 0.0261.